The highest BCUT2D eigenvalue weighted by atomic mass is 79.9. The summed E-state index contributed by atoms with van der Waals surface area (Å²) >= 11 is 3.34. The van der Waals surface area contributed by atoms with E-state index in [9.17, 15) is 13.2 Å². The van der Waals surface area contributed by atoms with Gasteiger partial charge in [-0.2, -0.15) is 0 Å². The number of nitrogens with zero attached hydrogens (tertiary/aromatic N) is 1. The lowest BCUT2D eigenvalue weighted by atomic mass is 10.2. The Morgan fingerprint density at radius 3 is 2.57 bits per heavy atom. The minimum Gasteiger partial charge on any atom is -0.337 e. The Kier molecular flexibility index (Phi) is 4.49. The van der Waals surface area contributed by atoms with E-state index in [0.717, 1.165) is 4.47 Å². The Labute approximate surface area is 134 Å². The van der Waals surface area contributed by atoms with Gasteiger partial charge in [0.15, 0.2) is 9.84 Å². The molecule has 1 aliphatic heterocycles. The first kappa shape index (κ1) is 16.5. The van der Waals surface area contributed by atoms with Crippen molar-refractivity contribution < 1.29 is 13.2 Å². The molecule has 4 nitrogen and oxygen atoms in total. The van der Waals surface area contributed by atoms with Gasteiger partial charge >= 0.3 is 0 Å². The van der Waals surface area contributed by atoms with Crippen molar-refractivity contribution in [2.24, 2.45) is 0 Å². The highest BCUT2D eigenvalue weighted by Gasteiger charge is 2.41. The first-order valence-electron chi connectivity index (χ1n) is 6.91. The highest BCUT2D eigenvalue weighted by molar-refractivity contribution is 9.10. The predicted molar refractivity (Wildman–Crippen MR) is 87.1 cm³/mol. The molecular formula is C15H20BrNO3S. The summed E-state index contributed by atoms with van der Waals surface area (Å²) in [5, 5.41) is -0.464. The molecule has 1 aromatic rings. The Bertz CT molecular complexity index is 649. The largest absolute Gasteiger partial charge is 0.337 e. The number of carbonyl (C=O) groups is 1. The molecule has 0 aromatic heterocycles. The molecule has 1 saturated heterocycles. The standard InChI is InChI=1S/C15H20BrNO3S/c1-15(2,3)21(19,20)13-7-8-17(10-13)14(18)11-5-4-6-12(16)9-11/h4-6,9,13H,7-8,10H2,1-3H3/t13-/m0/s1. The van der Waals surface area contributed by atoms with E-state index in [1.54, 1.807) is 43.9 Å². The third kappa shape index (κ3) is 3.31. The summed E-state index contributed by atoms with van der Waals surface area (Å²) in [5.74, 6) is -0.108. The third-order valence-electron chi connectivity index (χ3n) is 3.80. The first-order chi connectivity index (χ1) is 9.63. The van der Waals surface area contributed by atoms with Crippen LogP contribution in [0.4, 0.5) is 0 Å². The predicted octanol–water partition coefficient (Wildman–Crippen LogP) is 2.88. The number of halogens is 1. The molecular weight excluding hydrogens is 354 g/mol. The molecule has 0 N–H and O–H groups in total. The van der Waals surface area contributed by atoms with Crippen molar-refractivity contribution in [3.63, 3.8) is 0 Å². The second-order valence-corrected chi connectivity index (χ2v) is 10.2. The zero-order valence-corrected chi connectivity index (χ0v) is 14.9. The third-order valence-corrected chi connectivity index (χ3v) is 7.26. The van der Waals surface area contributed by atoms with Crippen LogP contribution in [0.1, 0.15) is 37.6 Å². The molecule has 0 radical (unpaired) electrons. The molecule has 1 aromatic carbocycles. The van der Waals surface area contributed by atoms with Gasteiger partial charge < -0.3 is 4.90 Å². The summed E-state index contributed by atoms with van der Waals surface area (Å²) in [6.45, 7) is 5.90. The zero-order chi connectivity index (χ0) is 15.8. The fourth-order valence-electron chi connectivity index (χ4n) is 2.47. The van der Waals surface area contributed by atoms with Gasteiger partial charge in [0, 0.05) is 23.1 Å². The molecule has 0 aliphatic carbocycles. The van der Waals surface area contributed by atoms with Crippen molar-refractivity contribution in [3.05, 3.63) is 34.3 Å². The second kappa shape index (κ2) is 5.72. The quantitative estimate of drug-likeness (QED) is 0.800. The Morgan fingerprint density at radius 1 is 1.33 bits per heavy atom. The molecule has 1 aliphatic rings. The van der Waals surface area contributed by atoms with Crippen LogP contribution in [0.2, 0.25) is 0 Å². The van der Waals surface area contributed by atoms with Gasteiger partial charge in [-0.05, 0) is 45.4 Å². The number of hydrogen-bond acceptors (Lipinski definition) is 3. The van der Waals surface area contributed by atoms with E-state index < -0.39 is 19.8 Å². The normalized spacial score (nSPS) is 19.8. The van der Waals surface area contributed by atoms with Crippen LogP contribution in [0.5, 0.6) is 0 Å². The van der Waals surface area contributed by atoms with E-state index in [0.29, 0.717) is 18.5 Å². The van der Waals surface area contributed by atoms with Crippen molar-refractivity contribution in [2.45, 2.75) is 37.2 Å². The fraction of sp³-hybridized carbons (Fsp3) is 0.533. The highest BCUT2D eigenvalue weighted by Crippen LogP contribution is 2.28. The Balaban J connectivity index is 2.15. The smallest absolute Gasteiger partial charge is 0.253 e. The van der Waals surface area contributed by atoms with Crippen molar-refractivity contribution in [2.75, 3.05) is 13.1 Å². The molecule has 0 saturated carbocycles. The molecule has 0 bridgehead atoms. The van der Waals surface area contributed by atoms with Crippen molar-refractivity contribution in [3.8, 4) is 0 Å². The number of hydrogen-bond donors (Lipinski definition) is 0. The summed E-state index contributed by atoms with van der Waals surface area (Å²) in [6, 6.07) is 7.16. The SMILES string of the molecule is CC(C)(C)S(=O)(=O)[C@H]1CCN(C(=O)c2cccc(Br)c2)C1. The van der Waals surface area contributed by atoms with E-state index in [1.165, 1.54) is 0 Å². The summed E-state index contributed by atoms with van der Waals surface area (Å²) in [7, 11) is -3.24. The number of amides is 1. The van der Waals surface area contributed by atoms with Crippen molar-refractivity contribution >= 4 is 31.7 Å². The number of rotatable bonds is 2. The maximum absolute atomic E-state index is 12.5. The van der Waals surface area contributed by atoms with Gasteiger partial charge in [-0.3, -0.25) is 4.79 Å². The van der Waals surface area contributed by atoms with E-state index in [-0.39, 0.29) is 12.5 Å². The summed E-state index contributed by atoms with van der Waals surface area (Å²) in [4.78, 5) is 14.1. The molecule has 1 heterocycles. The van der Waals surface area contributed by atoms with Gasteiger partial charge in [-0.25, -0.2) is 8.42 Å². The van der Waals surface area contributed by atoms with Crippen LogP contribution >= 0.6 is 15.9 Å². The molecule has 21 heavy (non-hydrogen) atoms. The molecule has 1 atom stereocenters. The number of benzene rings is 1. The topological polar surface area (TPSA) is 54.5 Å². The molecule has 1 amide bonds. The van der Waals surface area contributed by atoms with Crippen molar-refractivity contribution in [1.29, 1.82) is 0 Å². The van der Waals surface area contributed by atoms with Crippen LogP contribution in [0.25, 0.3) is 0 Å². The van der Waals surface area contributed by atoms with Crippen LogP contribution in [-0.4, -0.2) is 42.3 Å². The van der Waals surface area contributed by atoms with Crippen LogP contribution in [-0.2, 0) is 9.84 Å². The van der Waals surface area contributed by atoms with E-state index in [2.05, 4.69) is 15.9 Å². The second-order valence-electron chi connectivity index (χ2n) is 6.33. The Hall–Kier alpha value is -0.880. The summed E-state index contributed by atoms with van der Waals surface area (Å²) in [5.41, 5.74) is 0.582. The first-order valence-corrected chi connectivity index (χ1v) is 9.25. The van der Waals surface area contributed by atoms with Gasteiger partial charge in [-0.1, -0.05) is 22.0 Å². The minimum absolute atomic E-state index is 0.108. The van der Waals surface area contributed by atoms with Crippen LogP contribution < -0.4 is 0 Å². The number of carbonyl (C=O) groups excluding carboxylic acids is 1. The average molecular weight is 374 g/mol. The molecule has 0 unspecified atom stereocenters. The van der Waals surface area contributed by atoms with Crippen LogP contribution in [0.3, 0.4) is 0 Å². The maximum atomic E-state index is 12.5. The molecule has 2 rings (SSSR count). The molecule has 6 heteroatoms. The monoisotopic (exact) mass is 373 g/mol. The van der Waals surface area contributed by atoms with Gasteiger partial charge in [0.05, 0.1) is 10.00 Å². The van der Waals surface area contributed by atoms with Gasteiger partial charge in [0.2, 0.25) is 0 Å². The van der Waals surface area contributed by atoms with Crippen LogP contribution in [0, 0.1) is 0 Å². The van der Waals surface area contributed by atoms with Crippen molar-refractivity contribution in [1.82, 2.24) is 4.90 Å². The average Bonchev–Trinajstić information content (AvgIpc) is 2.86. The lowest BCUT2D eigenvalue weighted by Crippen LogP contribution is -2.39. The lowest BCUT2D eigenvalue weighted by molar-refractivity contribution is 0.0793. The van der Waals surface area contributed by atoms with E-state index in [1.807, 2.05) is 6.07 Å². The maximum Gasteiger partial charge on any atom is 0.253 e. The molecule has 1 fully saturated rings. The number of likely N-dealkylation sites (tertiary alicyclic amines) is 1. The van der Waals surface area contributed by atoms with E-state index >= 15 is 0 Å². The van der Waals surface area contributed by atoms with Gasteiger partial charge in [0.25, 0.3) is 5.91 Å². The fourth-order valence-corrected chi connectivity index (χ4v) is 4.66. The lowest BCUT2D eigenvalue weighted by Gasteiger charge is -2.24. The number of sulfone groups is 1. The minimum atomic E-state index is -3.24. The Morgan fingerprint density at radius 2 is 2.00 bits per heavy atom. The molecule has 0 spiro atoms. The van der Waals surface area contributed by atoms with Gasteiger partial charge in [0.1, 0.15) is 0 Å². The zero-order valence-electron chi connectivity index (χ0n) is 12.5. The van der Waals surface area contributed by atoms with Crippen LogP contribution in [0.15, 0.2) is 28.7 Å². The van der Waals surface area contributed by atoms with E-state index in [4.69, 9.17) is 0 Å². The summed E-state index contributed by atoms with van der Waals surface area (Å²) in [6.07, 6.45) is 0.513. The summed E-state index contributed by atoms with van der Waals surface area (Å²) < 4.78 is 25.0. The molecule has 116 valence electrons. The van der Waals surface area contributed by atoms with Gasteiger partial charge in [-0.15, -0.1) is 0 Å².